The standard InChI is InChI=1S/C16H21N3.C3H8.C2H6O.C2H6/c1-5-7-11-18(4)16-15(13(3)6-2)17-14-10-8-9-12-19(14)16;2*1-3-2;1-2/h2,8-10,12-13H,5,7,11H2,1,3-4H3;3H2,1-2H3;1-2H3;1-2H3/t13-;;;/m1.../s1. The summed E-state index contributed by atoms with van der Waals surface area (Å²) in [6.07, 6.45) is 11.2. The van der Waals surface area contributed by atoms with Crippen LogP contribution in [-0.4, -0.2) is 37.2 Å². The van der Waals surface area contributed by atoms with Crippen molar-refractivity contribution in [2.24, 2.45) is 0 Å². The molecule has 0 bridgehead atoms. The van der Waals surface area contributed by atoms with E-state index in [-0.39, 0.29) is 5.92 Å². The molecule has 2 rings (SSSR count). The normalized spacial score (nSPS) is 10.2. The quantitative estimate of drug-likeness (QED) is 0.599. The summed E-state index contributed by atoms with van der Waals surface area (Å²) in [5, 5.41) is 0. The third kappa shape index (κ3) is 9.49. The van der Waals surface area contributed by atoms with Gasteiger partial charge < -0.3 is 9.64 Å². The first-order valence-corrected chi connectivity index (χ1v) is 10.1. The van der Waals surface area contributed by atoms with Crippen LogP contribution in [0.1, 0.15) is 72.4 Å². The van der Waals surface area contributed by atoms with Crippen molar-refractivity contribution >= 4 is 11.5 Å². The highest BCUT2D eigenvalue weighted by atomic mass is 16.4. The highest BCUT2D eigenvalue weighted by Gasteiger charge is 2.19. The fourth-order valence-electron chi connectivity index (χ4n) is 2.25. The lowest BCUT2D eigenvalue weighted by Gasteiger charge is -2.20. The Hall–Kier alpha value is -1.99. The van der Waals surface area contributed by atoms with E-state index in [1.165, 1.54) is 19.3 Å². The molecule has 0 aliphatic carbocycles. The van der Waals surface area contributed by atoms with E-state index in [1.54, 1.807) is 14.2 Å². The number of methoxy groups -OCH3 is 1. The minimum absolute atomic E-state index is 0.0268. The molecule has 2 aromatic rings. The molecule has 2 aromatic heterocycles. The number of hydrogen-bond acceptors (Lipinski definition) is 3. The molecule has 0 aromatic carbocycles. The second-order valence-corrected chi connectivity index (χ2v) is 6.03. The number of fused-ring (bicyclic) bond motifs is 1. The molecule has 0 unspecified atom stereocenters. The maximum absolute atomic E-state index is 5.58. The van der Waals surface area contributed by atoms with E-state index in [9.17, 15) is 0 Å². The Labute approximate surface area is 167 Å². The molecule has 1 atom stereocenters. The van der Waals surface area contributed by atoms with Gasteiger partial charge in [-0.3, -0.25) is 4.40 Å². The number of unbranched alkanes of at least 4 members (excludes halogenated alkanes) is 1. The molecule has 0 fully saturated rings. The lowest BCUT2D eigenvalue weighted by molar-refractivity contribution is 0.277. The van der Waals surface area contributed by atoms with E-state index in [4.69, 9.17) is 11.4 Å². The molecule has 0 saturated carbocycles. The summed E-state index contributed by atoms with van der Waals surface area (Å²) in [7, 11) is 5.36. The molecule has 0 saturated heterocycles. The van der Waals surface area contributed by atoms with Gasteiger partial charge in [0.2, 0.25) is 0 Å². The summed E-state index contributed by atoms with van der Waals surface area (Å²) in [4.78, 5) is 6.95. The number of terminal acetylenes is 1. The second-order valence-electron chi connectivity index (χ2n) is 6.03. The minimum atomic E-state index is 0.0268. The van der Waals surface area contributed by atoms with Crippen molar-refractivity contribution in [3.63, 3.8) is 0 Å². The Morgan fingerprint density at radius 2 is 1.78 bits per heavy atom. The van der Waals surface area contributed by atoms with Crippen LogP contribution in [0.5, 0.6) is 0 Å². The first-order chi connectivity index (χ1) is 13.0. The Morgan fingerprint density at radius 1 is 1.22 bits per heavy atom. The molecule has 4 nitrogen and oxygen atoms in total. The topological polar surface area (TPSA) is 29.8 Å². The molecule has 4 heteroatoms. The predicted octanol–water partition coefficient (Wildman–Crippen LogP) is 6.01. The number of rotatable bonds is 5. The monoisotopic (exact) mass is 375 g/mol. The Bertz CT molecular complexity index is 626. The second kappa shape index (κ2) is 17.4. The minimum Gasteiger partial charge on any atom is -0.388 e. The van der Waals surface area contributed by atoms with Crippen molar-refractivity contribution in [2.45, 2.75) is 66.7 Å². The number of nitrogens with zero attached hydrogens (tertiary/aromatic N) is 3. The first kappa shape index (κ1) is 27.2. The van der Waals surface area contributed by atoms with Gasteiger partial charge in [-0.25, -0.2) is 4.98 Å². The Morgan fingerprint density at radius 3 is 2.26 bits per heavy atom. The Kier molecular flexibility index (Phi) is 17.6. The molecule has 0 aliphatic rings. The zero-order chi connectivity index (χ0) is 21.2. The van der Waals surface area contributed by atoms with Crippen LogP contribution in [0, 0.1) is 12.3 Å². The van der Waals surface area contributed by atoms with Crippen molar-refractivity contribution < 1.29 is 4.74 Å². The van der Waals surface area contributed by atoms with E-state index in [2.05, 4.69) is 47.8 Å². The van der Waals surface area contributed by atoms with Crippen molar-refractivity contribution in [1.29, 1.82) is 0 Å². The maximum atomic E-state index is 5.58. The van der Waals surface area contributed by atoms with Crippen LogP contribution in [0.4, 0.5) is 5.82 Å². The summed E-state index contributed by atoms with van der Waals surface area (Å²) < 4.78 is 6.37. The predicted molar refractivity (Wildman–Crippen MR) is 121 cm³/mol. The molecular formula is C23H41N3O. The zero-order valence-electron chi connectivity index (χ0n) is 19.0. The van der Waals surface area contributed by atoms with Crippen molar-refractivity contribution in [1.82, 2.24) is 9.38 Å². The van der Waals surface area contributed by atoms with Crippen molar-refractivity contribution in [2.75, 3.05) is 32.7 Å². The number of aromatic nitrogens is 2. The fourth-order valence-corrected chi connectivity index (χ4v) is 2.25. The summed E-state index contributed by atoms with van der Waals surface area (Å²) in [5.74, 6) is 3.94. The molecule has 0 radical (unpaired) electrons. The van der Waals surface area contributed by atoms with Gasteiger partial charge in [-0.2, -0.15) is 0 Å². The number of pyridine rings is 1. The van der Waals surface area contributed by atoms with Crippen LogP contribution >= 0.6 is 0 Å². The van der Waals surface area contributed by atoms with Gasteiger partial charge in [0.15, 0.2) is 0 Å². The van der Waals surface area contributed by atoms with Gasteiger partial charge in [-0.15, -0.1) is 6.42 Å². The van der Waals surface area contributed by atoms with E-state index < -0.39 is 0 Å². The smallest absolute Gasteiger partial charge is 0.138 e. The summed E-state index contributed by atoms with van der Waals surface area (Å²) in [5.41, 5.74) is 1.95. The molecule has 0 aliphatic heterocycles. The third-order valence-electron chi connectivity index (χ3n) is 3.40. The van der Waals surface area contributed by atoms with Gasteiger partial charge in [0, 0.05) is 34.0 Å². The van der Waals surface area contributed by atoms with Gasteiger partial charge in [-0.1, -0.05) is 59.4 Å². The van der Waals surface area contributed by atoms with Crippen LogP contribution in [0.3, 0.4) is 0 Å². The van der Waals surface area contributed by atoms with Gasteiger partial charge in [0.05, 0.1) is 11.6 Å². The molecule has 0 N–H and O–H groups in total. The summed E-state index contributed by atoms with van der Waals surface area (Å²) in [6, 6.07) is 6.04. The largest absolute Gasteiger partial charge is 0.388 e. The molecular weight excluding hydrogens is 334 g/mol. The summed E-state index contributed by atoms with van der Waals surface area (Å²) >= 11 is 0. The van der Waals surface area contributed by atoms with E-state index in [1.807, 2.05) is 45.2 Å². The van der Waals surface area contributed by atoms with E-state index in [0.29, 0.717) is 0 Å². The number of hydrogen-bond donors (Lipinski definition) is 0. The molecule has 2 heterocycles. The number of imidazole rings is 1. The number of anilines is 1. The van der Waals surface area contributed by atoms with Gasteiger partial charge in [0.25, 0.3) is 0 Å². The average Bonchev–Trinajstić information content (AvgIpc) is 3.08. The van der Waals surface area contributed by atoms with E-state index in [0.717, 1.165) is 23.7 Å². The van der Waals surface area contributed by atoms with Crippen LogP contribution in [0.2, 0.25) is 0 Å². The van der Waals surface area contributed by atoms with Crippen molar-refractivity contribution in [3.05, 3.63) is 30.1 Å². The highest BCUT2D eigenvalue weighted by molar-refractivity contribution is 5.58. The summed E-state index contributed by atoms with van der Waals surface area (Å²) in [6.45, 7) is 13.5. The highest BCUT2D eigenvalue weighted by Crippen LogP contribution is 2.27. The van der Waals surface area contributed by atoms with Gasteiger partial charge in [-0.05, 0) is 25.5 Å². The molecule has 27 heavy (non-hydrogen) atoms. The fraction of sp³-hybridized carbons (Fsp3) is 0.609. The number of ether oxygens (including phenoxy) is 1. The van der Waals surface area contributed by atoms with Crippen LogP contribution in [0.25, 0.3) is 5.65 Å². The molecule has 154 valence electrons. The molecule has 0 spiro atoms. The van der Waals surface area contributed by atoms with Crippen LogP contribution in [-0.2, 0) is 4.74 Å². The lowest BCUT2D eigenvalue weighted by atomic mass is 10.1. The first-order valence-electron chi connectivity index (χ1n) is 10.1. The average molecular weight is 376 g/mol. The lowest BCUT2D eigenvalue weighted by Crippen LogP contribution is -2.21. The maximum Gasteiger partial charge on any atom is 0.138 e. The van der Waals surface area contributed by atoms with Gasteiger partial charge >= 0.3 is 0 Å². The van der Waals surface area contributed by atoms with Crippen molar-refractivity contribution in [3.8, 4) is 12.3 Å². The molecule has 0 amide bonds. The van der Waals surface area contributed by atoms with E-state index >= 15 is 0 Å². The van der Waals surface area contributed by atoms with Crippen LogP contribution in [0.15, 0.2) is 24.4 Å². The van der Waals surface area contributed by atoms with Gasteiger partial charge in [0.1, 0.15) is 11.5 Å². The SMILES string of the molecule is C#C[C@@H](C)c1nc2ccccn2c1N(C)CCCC.CC.CCC.COC. The third-order valence-corrected chi connectivity index (χ3v) is 3.40. The zero-order valence-corrected chi connectivity index (χ0v) is 19.0. The Balaban J connectivity index is 0. The van der Waals surface area contributed by atoms with Crippen LogP contribution < -0.4 is 4.90 Å².